The highest BCUT2D eigenvalue weighted by atomic mass is 32.2. The number of aromatic nitrogens is 1. The van der Waals surface area contributed by atoms with Crippen LogP contribution < -0.4 is 0 Å². The Morgan fingerprint density at radius 3 is 2.93 bits per heavy atom. The molecule has 1 heterocycles. The minimum atomic E-state index is 0.758. The summed E-state index contributed by atoms with van der Waals surface area (Å²) in [4.78, 5) is 4.60. The quantitative estimate of drug-likeness (QED) is 0.727. The minimum absolute atomic E-state index is 0.758. The monoisotopic (exact) mass is 229 g/mol. The summed E-state index contributed by atoms with van der Waals surface area (Å²) in [7, 11) is 0. The van der Waals surface area contributed by atoms with Gasteiger partial charge in [0.05, 0.1) is 5.69 Å². The molecular formula is C11H19NS2. The van der Waals surface area contributed by atoms with Gasteiger partial charge in [-0.2, -0.15) is 11.8 Å². The molecule has 1 aromatic heterocycles. The van der Waals surface area contributed by atoms with E-state index in [-0.39, 0.29) is 0 Å². The molecule has 0 fully saturated rings. The number of aryl methyl sites for hydroxylation is 1. The van der Waals surface area contributed by atoms with Crippen LogP contribution >= 0.6 is 23.1 Å². The first-order valence-electron chi connectivity index (χ1n) is 5.31. The molecule has 0 saturated carbocycles. The zero-order chi connectivity index (χ0) is 10.4. The van der Waals surface area contributed by atoms with Crippen molar-refractivity contribution >= 4 is 23.1 Å². The molecule has 1 nitrogen and oxygen atoms in total. The number of hydrogen-bond donors (Lipinski definition) is 0. The Labute approximate surface area is 95.3 Å². The van der Waals surface area contributed by atoms with E-state index in [0.717, 1.165) is 17.4 Å². The zero-order valence-corrected chi connectivity index (χ0v) is 10.9. The first kappa shape index (κ1) is 12.1. The van der Waals surface area contributed by atoms with Gasteiger partial charge in [-0.15, -0.1) is 11.3 Å². The summed E-state index contributed by atoms with van der Waals surface area (Å²) in [6.07, 6.45) is 3.57. The van der Waals surface area contributed by atoms with Gasteiger partial charge in [-0.3, -0.25) is 0 Å². The van der Waals surface area contributed by atoms with Crippen molar-refractivity contribution in [2.45, 2.75) is 51.0 Å². The summed E-state index contributed by atoms with van der Waals surface area (Å²) >= 11 is 3.82. The average Bonchev–Trinajstić information content (AvgIpc) is 2.63. The maximum Gasteiger partial charge on any atom is 0.103 e. The number of rotatable bonds is 6. The van der Waals surface area contributed by atoms with E-state index in [2.05, 4.69) is 31.1 Å². The fraction of sp³-hybridized carbons (Fsp3) is 0.727. The van der Waals surface area contributed by atoms with Crippen LogP contribution in [0, 0.1) is 0 Å². The predicted octanol–water partition coefficient (Wildman–Crippen LogP) is 4.13. The Kier molecular flexibility index (Phi) is 5.56. The van der Waals surface area contributed by atoms with Gasteiger partial charge in [-0.25, -0.2) is 4.98 Å². The zero-order valence-electron chi connectivity index (χ0n) is 9.25. The van der Waals surface area contributed by atoms with Crippen molar-refractivity contribution in [3.05, 3.63) is 16.1 Å². The molecule has 1 atom stereocenters. The lowest BCUT2D eigenvalue weighted by atomic mass is 10.3. The number of thiazole rings is 1. The maximum atomic E-state index is 4.60. The van der Waals surface area contributed by atoms with Crippen LogP contribution in [0.4, 0.5) is 0 Å². The molecule has 0 aliphatic carbocycles. The Morgan fingerprint density at radius 1 is 1.50 bits per heavy atom. The molecule has 14 heavy (non-hydrogen) atoms. The van der Waals surface area contributed by atoms with Crippen molar-refractivity contribution in [2.75, 3.05) is 0 Å². The smallest absolute Gasteiger partial charge is 0.103 e. The van der Waals surface area contributed by atoms with Gasteiger partial charge in [0.15, 0.2) is 0 Å². The minimum Gasteiger partial charge on any atom is -0.245 e. The van der Waals surface area contributed by atoms with Crippen LogP contribution in [0.3, 0.4) is 0 Å². The second-order valence-electron chi connectivity index (χ2n) is 3.51. The first-order valence-corrected chi connectivity index (χ1v) is 7.24. The van der Waals surface area contributed by atoms with Crippen molar-refractivity contribution in [3.8, 4) is 0 Å². The van der Waals surface area contributed by atoms with E-state index in [0.29, 0.717) is 0 Å². The Morgan fingerprint density at radius 2 is 2.29 bits per heavy atom. The van der Waals surface area contributed by atoms with Gasteiger partial charge in [0.1, 0.15) is 5.01 Å². The molecule has 0 aromatic carbocycles. The van der Waals surface area contributed by atoms with Gasteiger partial charge in [-0.05, 0) is 12.8 Å². The summed E-state index contributed by atoms with van der Waals surface area (Å²) in [6, 6.07) is 0. The summed E-state index contributed by atoms with van der Waals surface area (Å²) in [6.45, 7) is 6.72. The van der Waals surface area contributed by atoms with E-state index >= 15 is 0 Å². The Bertz CT molecular complexity index is 258. The van der Waals surface area contributed by atoms with Gasteiger partial charge in [0.2, 0.25) is 0 Å². The van der Waals surface area contributed by atoms with Crippen molar-refractivity contribution in [3.63, 3.8) is 0 Å². The molecule has 0 aliphatic heterocycles. The molecule has 1 unspecified atom stereocenters. The third-order valence-electron chi connectivity index (χ3n) is 2.17. The summed E-state index contributed by atoms with van der Waals surface area (Å²) in [5.74, 6) is 1.09. The Balaban J connectivity index is 2.35. The molecule has 0 radical (unpaired) electrons. The molecule has 0 amide bonds. The average molecular weight is 229 g/mol. The number of thioether (sulfide) groups is 1. The van der Waals surface area contributed by atoms with Gasteiger partial charge in [0.25, 0.3) is 0 Å². The van der Waals surface area contributed by atoms with Crippen molar-refractivity contribution in [2.24, 2.45) is 0 Å². The predicted molar refractivity (Wildman–Crippen MR) is 67.2 cm³/mol. The van der Waals surface area contributed by atoms with E-state index in [9.17, 15) is 0 Å². The fourth-order valence-electron chi connectivity index (χ4n) is 1.12. The third-order valence-corrected chi connectivity index (χ3v) is 4.59. The third kappa shape index (κ3) is 4.01. The molecule has 3 heteroatoms. The summed E-state index contributed by atoms with van der Waals surface area (Å²) in [5.41, 5.74) is 1.28. The molecule has 0 aliphatic rings. The molecule has 0 bridgehead atoms. The van der Waals surface area contributed by atoms with Crippen molar-refractivity contribution in [1.82, 2.24) is 4.98 Å². The van der Waals surface area contributed by atoms with Crippen molar-refractivity contribution < 1.29 is 0 Å². The lowest BCUT2D eigenvalue weighted by Gasteiger charge is -2.05. The highest BCUT2D eigenvalue weighted by Gasteiger charge is 2.04. The van der Waals surface area contributed by atoms with Gasteiger partial charge < -0.3 is 0 Å². The molecule has 0 N–H and O–H groups in total. The Hall–Kier alpha value is -0.0200. The molecule has 80 valence electrons. The second kappa shape index (κ2) is 6.46. The lowest BCUT2D eigenvalue weighted by Crippen LogP contribution is -1.93. The molecule has 0 saturated heterocycles. The van der Waals surface area contributed by atoms with Crippen LogP contribution in [-0.4, -0.2) is 10.2 Å². The normalized spacial score (nSPS) is 13.1. The van der Waals surface area contributed by atoms with Gasteiger partial charge in [0, 0.05) is 16.4 Å². The van der Waals surface area contributed by atoms with Gasteiger partial charge >= 0.3 is 0 Å². The van der Waals surface area contributed by atoms with E-state index in [1.807, 2.05) is 23.1 Å². The van der Waals surface area contributed by atoms with Crippen LogP contribution in [0.25, 0.3) is 0 Å². The summed E-state index contributed by atoms with van der Waals surface area (Å²) in [5, 5.41) is 4.25. The maximum absolute atomic E-state index is 4.60. The van der Waals surface area contributed by atoms with E-state index < -0.39 is 0 Å². The standard InChI is InChI=1S/C11H19NS2/c1-4-6-10-7-14-11(12-10)8-13-9(3)5-2/h7,9H,4-6,8H2,1-3H3. The fourth-order valence-corrected chi connectivity index (χ4v) is 2.93. The topological polar surface area (TPSA) is 12.9 Å². The molecule has 1 rings (SSSR count). The lowest BCUT2D eigenvalue weighted by molar-refractivity contribution is 0.884. The van der Waals surface area contributed by atoms with E-state index in [4.69, 9.17) is 0 Å². The highest BCUT2D eigenvalue weighted by molar-refractivity contribution is 7.99. The number of nitrogens with zero attached hydrogens (tertiary/aromatic N) is 1. The van der Waals surface area contributed by atoms with E-state index in [1.54, 1.807) is 0 Å². The first-order chi connectivity index (χ1) is 6.76. The van der Waals surface area contributed by atoms with Crippen LogP contribution in [0.1, 0.15) is 44.3 Å². The van der Waals surface area contributed by atoms with Crippen LogP contribution in [0.15, 0.2) is 5.38 Å². The van der Waals surface area contributed by atoms with Crippen molar-refractivity contribution in [1.29, 1.82) is 0 Å². The largest absolute Gasteiger partial charge is 0.245 e. The second-order valence-corrected chi connectivity index (χ2v) is 5.88. The van der Waals surface area contributed by atoms with Crippen LogP contribution in [0.2, 0.25) is 0 Å². The van der Waals surface area contributed by atoms with Crippen LogP contribution in [0.5, 0.6) is 0 Å². The molecular weight excluding hydrogens is 210 g/mol. The summed E-state index contributed by atoms with van der Waals surface area (Å²) < 4.78 is 0. The molecule has 0 spiro atoms. The van der Waals surface area contributed by atoms with Crippen LogP contribution in [-0.2, 0) is 12.2 Å². The number of hydrogen-bond acceptors (Lipinski definition) is 3. The van der Waals surface area contributed by atoms with E-state index in [1.165, 1.54) is 23.5 Å². The highest BCUT2D eigenvalue weighted by Crippen LogP contribution is 2.22. The van der Waals surface area contributed by atoms with Gasteiger partial charge in [-0.1, -0.05) is 27.2 Å². The SMILES string of the molecule is CCCc1csc(CSC(C)CC)n1. The molecule has 1 aromatic rings.